The van der Waals surface area contributed by atoms with Crippen LogP contribution < -0.4 is 0 Å². The molecule has 35 heavy (non-hydrogen) atoms. The predicted molar refractivity (Wildman–Crippen MR) is 122 cm³/mol. The first kappa shape index (κ1) is 25.4. The Labute approximate surface area is 205 Å². The van der Waals surface area contributed by atoms with Gasteiger partial charge in [0.25, 0.3) is 0 Å². The maximum Gasteiger partial charge on any atom is 0.186 e. The van der Waals surface area contributed by atoms with Gasteiger partial charge in [-0.3, -0.25) is 9.59 Å². The summed E-state index contributed by atoms with van der Waals surface area (Å²) in [5.74, 6) is 0.0396. The molecule has 2 bridgehead atoms. The molecule has 6 fully saturated rings. The predicted octanol–water partition coefficient (Wildman–Crippen LogP) is 0.101. The molecule has 0 unspecified atom stereocenters. The second-order valence-electron chi connectivity index (χ2n) is 12.3. The second kappa shape index (κ2) is 8.41. The summed E-state index contributed by atoms with van der Waals surface area (Å²) in [6.07, 6.45) is -4.82. The van der Waals surface area contributed by atoms with Gasteiger partial charge in [0.2, 0.25) is 0 Å². The van der Waals surface area contributed by atoms with Crippen molar-refractivity contribution in [2.24, 2.45) is 34.0 Å². The quantitative estimate of drug-likeness (QED) is 0.342. The summed E-state index contributed by atoms with van der Waals surface area (Å²) >= 11 is 0. The molecule has 5 saturated carbocycles. The zero-order valence-electron chi connectivity index (χ0n) is 20.4. The first-order valence-electron chi connectivity index (χ1n) is 12.7. The molecule has 1 aliphatic heterocycles. The molecule has 12 atom stereocenters. The van der Waals surface area contributed by atoms with Crippen molar-refractivity contribution < 1.29 is 44.6 Å². The number of hydrogen-bond acceptors (Lipinski definition) is 9. The summed E-state index contributed by atoms with van der Waals surface area (Å²) in [5.41, 5.74) is -0.865. The summed E-state index contributed by atoms with van der Waals surface area (Å²) in [4.78, 5) is 26.5. The first-order chi connectivity index (χ1) is 16.4. The van der Waals surface area contributed by atoms with Crippen LogP contribution in [0.3, 0.4) is 0 Å². The number of ether oxygens (including phenoxy) is 2. The Kier molecular flexibility index (Phi) is 6.12. The second-order valence-corrected chi connectivity index (χ2v) is 12.3. The molecule has 9 nitrogen and oxygen atoms in total. The van der Waals surface area contributed by atoms with Gasteiger partial charge in [0.05, 0.1) is 13.2 Å². The largest absolute Gasteiger partial charge is 0.394 e. The van der Waals surface area contributed by atoms with E-state index in [1.165, 1.54) is 0 Å². The highest BCUT2D eigenvalue weighted by Gasteiger charge is 2.69. The van der Waals surface area contributed by atoms with E-state index in [1.54, 1.807) is 0 Å². The molecule has 1 spiro atoms. The van der Waals surface area contributed by atoms with Gasteiger partial charge in [0.1, 0.15) is 36.3 Å². The van der Waals surface area contributed by atoms with Crippen LogP contribution >= 0.6 is 0 Å². The van der Waals surface area contributed by atoms with Crippen molar-refractivity contribution in [1.82, 2.24) is 0 Å². The summed E-state index contributed by atoms with van der Waals surface area (Å²) in [5, 5.41) is 51.1. The molecule has 6 rings (SSSR count). The lowest BCUT2D eigenvalue weighted by Gasteiger charge is -2.67. The van der Waals surface area contributed by atoms with Gasteiger partial charge in [-0.2, -0.15) is 0 Å². The lowest BCUT2D eigenvalue weighted by atomic mass is 9.36. The minimum atomic E-state index is -1.58. The number of fused-ring (bicyclic) bond motifs is 3. The Morgan fingerprint density at radius 2 is 1.77 bits per heavy atom. The van der Waals surface area contributed by atoms with E-state index in [9.17, 15) is 35.1 Å². The number of ketones is 2. The third-order valence-electron chi connectivity index (χ3n) is 10.5. The van der Waals surface area contributed by atoms with E-state index in [-0.39, 0.29) is 42.3 Å². The van der Waals surface area contributed by atoms with Crippen LogP contribution in [0.2, 0.25) is 0 Å². The fourth-order valence-corrected chi connectivity index (χ4v) is 8.58. The number of rotatable bonds is 4. The Hall–Kier alpha value is -1.20. The number of allylic oxidation sites excluding steroid dienone is 1. The molecule has 0 amide bonds. The Morgan fingerprint density at radius 1 is 1.06 bits per heavy atom. The monoisotopic (exact) mass is 494 g/mol. The fraction of sp³-hybridized carbons (Fsp3) is 0.846. The van der Waals surface area contributed by atoms with Crippen LogP contribution in [0.5, 0.6) is 0 Å². The molecule has 1 heterocycles. The molecule has 5 aliphatic carbocycles. The topological polar surface area (TPSA) is 154 Å². The van der Waals surface area contributed by atoms with Crippen molar-refractivity contribution in [2.45, 2.75) is 89.2 Å². The fourth-order valence-electron chi connectivity index (χ4n) is 8.58. The van der Waals surface area contributed by atoms with Crippen LogP contribution in [-0.4, -0.2) is 87.1 Å². The van der Waals surface area contributed by atoms with E-state index in [1.807, 2.05) is 6.92 Å². The molecule has 0 radical (unpaired) electrons. The Bertz CT molecular complexity index is 918. The number of carbonyl (C=O) groups excluding carboxylic acids is 2. The number of aliphatic hydroxyl groups is 5. The van der Waals surface area contributed by atoms with Crippen molar-refractivity contribution in [3.63, 3.8) is 0 Å². The first-order valence-corrected chi connectivity index (χ1v) is 12.7. The molecule has 0 aromatic rings. The van der Waals surface area contributed by atoms with E-state index in [0.29, 0.717) is 25.7 Å². The molecule has 6 aliphatic rings. The van der Waals surface area contributed by atoms with E-state index >= 15 is 0 Å². The molecule has 0 aromatic carbocycles. The van der Waals surface area contributed by atoms with Crippen LogP contribution in [0, 0.1) is 34.0 Å². The van der Waals surface area contributed by atoms with Crippen LogP contribution in [0.4, 0.5) is 0 Å². The van der Waals surface area contributed by atoms with Crippen molar-refractivity contribution in [1.29, 1.82) is 0 Å². The summed E-state index contributed by atoms with van der Waals surface area (Å²) < 4.78 is 11.4. The number of carbonyl (C=O) groups is 2. The summed E-state index contributed by atoms with van der Waals surface area (Å²) in [6, 6.07) is 0. The van der Waals surface area contributed by atoms with Crippen molar-refractivity contribution >= 4 is 11.6 Å². The van der Waals surface area contributed by atoms with Crippen LogP contribution in [0.15, 0.2) is 12.2 Å². The Morgan fingerprint density at radius 3 is 2.46 bits per heavy atom. The van der Waals surface area contributed by atoms with Crippen LogP contribution in [0.1, 0.15) is 52.4 Å². The normalized spacial score (nSPS) is 53.9. The minimum absolute atomic E-state index is 0.0218. The van der Waals surface area contributed by atoms with Crippen molar-refractivity contribution in [3.8, 4) is 0 Å². The van der Waals surface area contributed by atoms with E-state index in [2.05, 4.69) is 13.5 Å². The number of Topliss-reactive ketones (excluding diaryl/α,β-unsaturated/α-hetero) is 2. The summed E-state index contributed by atoms with van der Waals surface area (Å²) in [6.45, 7) is 7.42. The molecule has 196 valence electrons. The van der Waals surface area contributed by atoms with Gasteiger partial charge in [-0.1, -0.05) is 26.0 Å². The highest BCUT2D eigenvalue weighted by Crippen LogP contribution is 2.70. The summed E-state index contributed by atoms with van der Waals surface area (Å²) in [7, 11) is 0. The van der Waals surface area contributed by atoms with Gasteiger partial charge in [-0.25, -0.2) is 0 Å². The van der Waals surface area contributed by atoms with Crippen molar-refractivity contribution in [3.05, 3.63) is 12.2 Å². The maximum absolute atomic E-state index is 13.3. The van der Waals surface area contributed by atoms with Gasteiger partial charge in [0.15, 0.2) is 12.1 Å². The average molecular weight is 495 g/mol. The van der Waals surface area contributed by atoms with Crippen molar-refractivity contribution in [2.75, 3.05) is 13.2 Å². The third-order valence-corrected chi connectivity index (χ3v) is 10.5. The van der Waals surface area contributed by atoms with Gasteiger partial charge in [-0.15, -0.1) is 0 Å². The van der Waals surface area contributed by atoms with Gasteiger partial charge in [0, 0.05) is 23.7 Å². The lowest BCUT2D eigenvalue weighted by molar-refractivity contribution is -0.313. The Balaban J connectivity index is 1.43. The zero-order chi connectivity index (χ0) is 25.5. The SMILES string of the molecule is C=C1C[C@]23CC[C@@H]4[C@](C)(CC(=O)[C@H](O)[C@]4(C)CO[C@@H]4O[C@H](CO)[C@@H](O)[C@H](O)[C@H]4O)[C@H]2C[C@H]1CC3=O. The van der Waals surface area contributed by atoms with Crippen LogP contribution in [-0.2, 0) is 19.1 Å². The zero-order valence-corrected chi connectivity index (χ0v) is 20.4. The lowest BCUT2D eigenvalue weighted by Crippen LogP contribution is -2.68. The van der Waals surface area contributed by atoms with E-state index in [0.717, 1.165) is 12.0 Å². The highest BCUT2D eigenvalue weighted by molar-refractivity contribution is 5.90. The highest BCUT2D eigenvalue weighted by atomic mass is 16.7. The van der Waals surface area contributed by atoms with Gasteiger partial charge < -0.3 is 35.0 Å². The molecule has 9 heteroatoms. The molecule has 1 saturated heterocycles. The van der Waals surface area contributed by atoms with Crippen LogP contribution in [0.25, 0.3) is 0 Å². The number of aliphatic hydroxyl groups excluding tert-OH is 5. The third kappa shape index (κ3) is 3.46. The van der Waals surface area contributed by atoms with E-state index in [4.69, 9.17) is 9.47 Å². The molecule has 5 N–H and O–H groups in total. The van der Waals surface area contributed by atoms with Gasteiger partial charge >= 0.3 is 0 Å². The standard InChI is InChI=1S/C26H38O9/c1-12-8-26-5-4-16-24(2,17(26)6-13(12)7-18(26)29)9-14(28)22(33)25(16,3)11-34-23-21(32)20(31)19(30)15(10-27)35-23/h13,15-17,19-23,27,30-33H,1,4-11H2,2-3H3/t13-,15+,16+,17+,19+,20-,21+,22-,23+,24-,25+,26+/m0/s1. The molecular weight excluding hydrogens is 456 g/mol. The smallest absolute Gasteiger partial charge is 0.186 e. The van der Waals surface area contributed by atoms with E-state index < -0.39 is 59.7 Å². The number of hydrogen-bond donors (Lipinski definition) is 5. The van der Waals surface area contributed by atoms with Gasteiger partial charge in [-0.05, 0) is 48.9 Å². The maximum atomic E-state index is 13.3. The average Bonchev–Trinajstić information content (AvgIpc) is 2.81. The minimum Gasteiger partial charge on any atom is -0.394 e. The molecular formula is C26H38O9. The molecule has 0 aromatic heterocycles.